The fraction of sp³-hybridized carbons (Fsp3) is 0.250. The minimum absolute atomic E-state index is 0.118. The Morgan fingerprint density at radius 2 is 1.95 bits per heavy atom. The minimum Gasteiger partial charge on any atom is -0.493 e. The van der Waals surface area contributed by atoms with Crippen molar-refractivity contribution in [2.45, 2.75) is 20.0 Å². The Labute approximate surface area is 123 Å². The van der Waals surface area contributed by atoms with Crippen molar-refractivity contribution in [2.24, 2.45) is 0 Å². The van der Waals surface area contributed by atoms with Crippen LogP contribution >= 0.6 is 0 Å². The first-order valence-electron chi connectivity index (χ1n) is 6.72. The van der Waals surface area contributed by atoms with Gasteiger partial charge in [0.15, 0.2) is 0 Å². The molecule has 0 atom stereocenters. The smallest absolute Gasteiger partial charge is 0.339 e. The third kappa shape index (κ3) is 4.21. The molecule has 0 saturated carbocycles. The molecular formula is C16H17NO4. The number of pyridine rings is 1. The van der Waals surface area contributed by atoms with E-state index in [0.717, 1.165) is 12.0 Å². The number of aromatic carboxylic acids is 1. The van der Waals surface area contributed by atoms with E-state index >= 15 is 0 Å². The van der Waals surface area contributed by atoms with Crippen LogP contribution in [-0.2, 0) is 6.61 Å². The molecule has 2 aromatic rings. The Hall–Kier alpha value is -2.56. The van der Waals surface area contributed by atoms with Gasteiger partial charge in [-0.15, -0.1) is 0 Å². The van der Waals surface area contributed by atoms with Gasteiger partial charge in [-0.2, -0.15) is 0 Å². The number of rotatable bonds is 7. The van der Waals surface area contributed by atoms with Crippen LogP contribution in [-0.4, -0.2) is 22.7 Å². The molecule has 5 nitrogen and oxygen atoms in total. The Morgan fingerprint density at radius 3 is 2.62 bits per heavy atom. The van der Waals surface area contributed by atoms with Crippen molar-refractivity contribution in [2.75, 3.05) is 6.61 Å². The molecule has 0 aliphatic heterocycles. The van der Waals surface area contributed by atoms with Crippen LogP contribution in [0.2, 0.25) is 0 Å². The van der Waals surface area contributed by atoms with Crippen molar-refractivity contribution in [3.63, 3.8) is 0 Å². The molecule has 1 N–H and O–H groups in total. The van der Waals surface area contributed by atoms with E-state index in [2.05, 4.69) is 4.98 Å². The van der Waals surface area contributed by atoms with Gasteiger partial charge in [-0.1, -0.05) is 6.92 Å². The molecule has 0 aliphatic rings. The van der Waals surface area contributed by atoms with Gasteiger partial charge in [-0.3, -0.25) is 4.98 Å². The van der Waals surface area contributed by atoms with E-state index in [9.17, 15) is 9.90 Å². The van der Waals surface area contributed by atoms with Crippen LogP contribution in [0.4, 0.5) is 0 Å². The monoisotopic (exact) mass is 287 g/mol. The number of benzene rings is 1. The SMILES string of the molecule is CCCOc1ccc(C(=O)O)c(OCc2ccncc2)c1. The Balaban J connectivity index is 2.16. The molecular weight excluding hydrogens is 270 g/mol. The van der Waals surface area contributed by atoms with Crippen molar-refractivity contribution in [3.8, 4) is 11.5 Å². The van der Waals surface area contributed by atoms with Gasteiger partial charge in [0.05, 0.1) is 6.61 Å². The highest BCUT2D eigenvalue weighted by molar-refractivity contribution is 5.91. The van der Waals surface area contributed by atoms with Crippen molar-refractivity contribution < 1.29 is 19.4 Å². The summed E-state index contributed by atoms with van der Waals surface area (Å²) in [5, 5.41) is 9.20. The van der Waals surface area contributed by atoms with Crippen molar-refractivity contribution >= 4 is 5.97 Å². The van der Waals surface area contributed by atoms with Crippen LogP contribution in [0.25, 0.3) is 0 Å². The topological polar surface area (TPSA) is 68.7 Å². The van der Waals surface area contributed by atoms with Crippen LogP contribution < -0.4 is 9.47 Å². The molecule has 1 aromatic heterocycles. The molecule has 0 aliphatic carbocycles. The summed E-state index contributed by atoms with van der Waals surface area (Å²) >= 11 is 0. The number of hydrogen-bond acceptors (Lipinski definition) is 4. The van der Waals surface area contributed by atoms with Gasteiger partial charge in [-0.25, -0.2) is 4.79 Å². The lowest BCUT2D eigenvalue weighted by Crippen LogP contribution is -2.04. The number of hydrogen-bond donors (Lipinski definition) is 1. The summed E-state index contributed by atoms with van der Waals surface area (Å²) in [5.41, 5.74) is 1.04. The lowest BCUT2D eigenvalue weighted by molar-refractivity contribution is 0.0691. The average molecular weight is 287 g/mol. The van der Waals surface area contributed by atoms with Gasteiger partial charge in [-0.05, 0) is 36.2 Å². The summed E-state index contributed by atoms with van der Waals surface area (Å²) in [5.74, 6) is -0.124. The molecule has 5 heteroatoms. The molecule has 21 heavy (non-hydrogen) atoms. The van der Waals surface area contributed by atoms with Gasteiger partial charge < -0.3 is 14.6 Å². The van der Waals surface area contributed by atoms with E-state index in [4.69, 9.17) is 9.47 Å². The fourth-order valence-electron chi connectivity index (χ4n) is 1.75. The van der Waals surface area contributed by atoms with Crippen LogP contribution in [0.5, 0.6) is 11.5 Å². The number of ether oxygens (including phenoxy) is 2. The maximum Gasteiger partial charge on any atom is 0.339 e. The summed E-state index contributed by atoms with van der Waals surface area (Å²) in [4.78, 5) is 15.2. The zero-order valence-electron chi connectivity index (χ0n) is 11.8. The molecule has 0 saturated heterocycles. The normalized spacial score (nSPS) is 10.1. The van der Waals surface area contributed by atoms with E-state index in [1.54, 1.807) is 24.5 Å². The van der Waals surface area contributed by atoms with Crippen molar-refractivity contribution in [3.05, 3.63) is 53.9 Å². The third-order valence-electron chi connectivity index (χ3n) is 2.80. The first-order chi connectivity index (χ1) is 10.2. The van der Waals surface area contributed by atoms with E-state index in [-0.39, 0.29) is 12.2 Å². The Bertz CT molecular complexity index is 598. The lowest BCUT2D eigenvalue weighted by Gasteiger charge is -2.11. The van der Waals surface area contributed by atoms with Gasteiger partial charge >= 0.3 is 5.97 Å². The summed E-state index contributed by atoms with van der Waals surface area (Å²) in [6, 6.07) is 8.38. The van der Waals surface area contributed by atoms with Crippen molar-refractivity contribution in [1.29, 1.82) is 0 Å². The number of carboxylic acids is 1. The highest BCUT2D eigenvalue weighted by atomic mass is 16.5. The highest BCUT2D eigenvalue weighted by Gasteiger charge is 2.13. The Kier molecular flexibility index (Phi) is 5.15. The maximum absolute atomic E-state index is 11.2. The minimum atomic E-state index is -1.03. The fourth-order valence-corrected chi connectivity index (χ4v) is 1.75. The second-order valence-electron chi connectivity index (χ2n) is 4.46. The molecule has 2 rings (SSSR count). The molecule has 1 aromatic carbocycles. The molecule has 0 unspecified atom stereocenters. The molecule has 0 bridgehead atoms. The predicted molar refractivity (Wildman–Crippen MR) is 77.8 cm³/mol. The van der Waals surface area contributed by atoms with Gasteiger partial charge in [0.1, 0.15) is 23.7 Å². The van der Waals surface area contributed by atoms with E-state index in [0.29, 0.717) is 18.1 Å². The zero-order valence-corrected chi connectivity index (χ0v) is 11.8. The summed E-state index contributed by atoms with van der Waals surface area (Å²) in [7, 11) is 0. The molecule has 0 spiro atoms. The number of carbonyl (C=O) groups is 1. The standard InChI is InChI=1S/C16H17NO4/c1-2-9-20-13-3-4-14(16(18)19)15(10-13)21-11-12-5-7-17-8-6-12/h3-8,10H,2,9,11H2,1H3,(H,18,19). The van der Waals surface area contributed by atoms with Gasteiger partial charge in [0.2, 0.25) is 0 Å². The first-order valence-corrected chi connectivity index (χ1v) is 6.72. The van der Waals surface area contributed by atoms with Gasteiger partial charge in [0, 0.05) is 18.5 Å². The molecule has 110 valence electrons. The average Bonchev–Trinajstić information content (AvgIpc) is 2.51. The quantitative estimate of drug-likeness (QED) is 0.847. The number of carboxylic acid groups (broad SMARTS) is 1. The summed E-state index contributed by atoms with van der Waals surface area (Å²) < 4.78 is 11.1. The predicted octanol–water partition coefficient (Wildman–Crippen LogP) is 3.15. The summed E-state index contributed by atoms with van der Waals surface area (Å²) in [6.45, 7) is 2.86. The lowest BCUT2D eigenvalue weighted by atomic mass is 10.2. The number of nitrogens with zero attached hydrogens (tertiary/aromatic N) is 1. The maximum atomic E-state index is 11.2. The second-order valence-corrected chi connectivity index (χ2v) is 4.46. The number of aromatic nitrogens is 1. The summed E-state index contributed by atoms with van der Waals surface area (Å²) in [6.07, 6.45) is 4.21. The third-order valence-corrected chi connectivity index (χ3v) is 2.80. The first kappa shape index (κ1) is 14.8. The Morgan fingerprint density at radius 1 is 1.19 bits per heavy atom. The zero-order chi connectivity index (χ0) is 15.1. The van der Waals surface area contributed by atoms with Gasteiger partial charge in [0.25, 0.3) is 0 Å². The van der Waals surface area contributed by atoms with Crippen LogP contribution in [0.15, 0.2) is 42.7 Å². The second kappa shape index (κ2) is 7.28. The van der Waals surface area contributed by atoms with Crippen LogP contribution in [0.3, 0.4) is 0 Å². The highest BCUT2D eigenvalue weighted by Crippen LogP contribution is 2.26. The van der Waals surface area contributed by atoms with Crippen LogP contribution in [0.1, 0.15) is 29.3 Å². The van der Waals surface area contributed by atoms with E-state index in [1.165, 1.54) is 6.07 Å². The molecule has 1 heterocycles. The van der Waals surface area contributed by atoms with Crippen molar-refractivity contribution in [1.82, 2.24) is 4.98 Å². The van der Waals surface area contributed by atoms with Crippen LogP contribution in [0, 0.1) is 0 Å². The van der Waals surface area contributed by atoms with E-state index < -0.39 is 5.97 Å². The largest absolute Gasteiger partial charge is 0.493 e. The molecule has 0 fully saturated rings. The molecule has 0 radical (unpaired) electrons. The van der Waals surface area contributed by atoms with E-state index in [1.807, 2.05) is 19.1 Å². The molecule has 0 amide bonds.